The quantitative estimate of drug-likeness (QED) is 0.797. The fraction of sp³-hybridized carbons (Fsp3) is 0.462. The lowest BCUT2D eigenvalue weighted by Crippen LogP contribution is -2.41. The lowest BCUT2D eigenvalue weighted by Gasteiger charge is -2.26. The maximum atomic E-state index is 11.5. The first-order valence-corrected chi connectivity index (χ1v) is 6.05. The van der Waals surface area contributed by atoms with Crippen molar-refractivity contribution in [2.75, 3.05) is 6.61 Å². The van der Waals surface area contributed by atoms with Crippen LogP contribution in [0.5, 0.6) is 0 Å². The zero-order valence-corrected chi connectivity index (χ0v) is 11.3. The number of nitrogens with two attached hydrogens (primary N) is 1. The maximum Gasteiger partial charge on any atom is 0.325 e. The number of carbonyl (C=O) groups excluding carboxylic acids is 1. The fourth-order valence-electron chi connectivity index (χ4n) is 1.55. The summed E-state index contributed by atoms with van der Waals surface area (Å²) in [5.74, 6) is -0.600. The standard InChI is InChI=1S/C13H18ClNO3/c1-13(2,18-12(17)11(15)8-16)7-9-3-5-10(14)6-4-9/h3-6,11,16H,7-8,15H2,1-2H3. The molecule has 0 aliphatic heterocycles. The van der Waals surface area contributed by atoms with E-state index in [-0.39, 0.29) is 0 Å². The van der Waals surface area contributed by atoms with Gasteiger partial charge in [0.05, 0.1) is 6.61 Å². The first-order valence-electron chi connectivity index (χ1n) is 5.68. The highest BCUT2D eigenvalue weighted by Gasteiger charge is 2.26. The molecule has 0 spiro atoms. The van der Waals surface area contributed by atoms with Gasteiger partial charge in [-0.3, -0.25) is 4.79 Å². The van der Waals surface area contributed by atoms with Gasteiger partial charge in [-0.15, -0.1) is 0 Å². The Hall–Kier alpha value is -1.10. The van der Waals surface area contributed by atoms with Crippen molar-refractivity contribution in [1.82, 2.24) is 0 Å². The molecule has 4 nitrogen and oxygen atoms in total. The van der Waals surface area contributed by atoms with E-state index < -0.39 is 24.2 Å². The number of esters is 1. The zero-order chi connectivity index (χ0) is 13.8. The number of hydrogen-bond donors (Lipinski definition) is 2. The predicted octanol–water partition coefficient (Wildman–Crippen LogP) is 1.52. The summed E-state index contributed by atoms with van der Waals surface area (Å²) in [6, 6.07) is 6.34. The van der Waals surface area contributed by atoms with E-state index in [1.54, 1.807) is 26.0 Å². The second kappa shape index (κ2) is 6.18. The Labute approximate surface area is 112 Å². The van der Waals surface area contributed by atoms with Crippen molar-refractivity contribution < 1.29 is 14.6 Å². The molecule has 0 radical (unpaired) electrons. The van der Waals surface area contributed by atoms with Crippen molar-refractivity contribution in [3.63, 3.8) is 0 Å². The molecule has 1 rings (SSSR count). The average Bonchev–Trinajstić information content (AvgIpc) is 2.30. The molecule has 0 amide bonds. The van der Waals surface area contributed by atoms with Gasteiger partial charge in [0.2, 0.25) is 0 Å². The molecule has 0 fully saturated rings. The molecule has 1 atom stereocenters. The minimum Gasteiger partial charge on any atom is -0.458 e. The largest absolute Gasteiger partial charge is 0.458 e. The highest BCUT2D eigenvalue weighted by Crippen LogP contribution is 2.19. The molecular formula is C13H18ClNO3. The average molecular weight is 272 g/mol. The van der Waals surface area contributed by atoms with Gasteiger partial charge in [0.1, 0.15) is 11.6 Å². The van der Waals surface area contributed by atoms with Gasteiger partial charge in [0.25, 0.3) is 0 Å². The molecule has 0 heterocycles. The van der Waals surface area contributed by atoms with Crippen LogP contribution in [0.1, 0.15) is 19.4 Å². The molecule has 0 aliphatic rings. The second-order valence-corrected chi connectivity index (χ2v) is 5.21. The highest BCUT2D eigenvalue weighted by atomic mass is 35.5. The number of aliphatic hydroxyl groups is 1. The van der Waals surface area contributed by atoms with Gasteiger partial charge in [-0.1, -0.05) is 23.7 Å². The third-order valence-electron chi connectivity index (χ3n) is 2.42. The molecular weight excluding hydrogens is 254 g/mol. The van der Waals surface area contributed by atoms with Gasteiger partial charge < -0.3 is 15.6 Å². The summed E-state index contributed by atoms with van der Waals surface area (Å²) in [6.07, 6.45) is 0.550. The van der Waals surface area contributed by atoms with Gasteiger partial charge in [-0.05, 0) is 31.5 Å². The molecule has 5 heteroatoms. The van der Waals surface area contributed by atoms with Gasteiger partial charge >= 0.3 is 5.97 Å². The molecule has 18 heavy (non-hydrogen) atoms. The number of carbonyl (C=O) groups is 1. The molecule has 1 unspecified atom stereocenters. The normalized spacial score (nSPS) is 13.2. The van der Waals surface area contributed by atoms with Crippen molar-refractivity contribution in [2.45, 2.75) is 31.9 Å². The number of rotatable bonds is 5. The first kappa shape index (κ1) is 15.0. The van der Waals surface area contributed by atoms with E-state index in [9.17, 15) is 4.79 Å². The molecule has 3 N–H and O–H groups in total. The van der Waals surface area contributed by atoms with Gasteiger partial charge in [-0.25, -0.2) is 0 Å². The Morgan fingerprint density at radius 3 is 2.50 bits per heavy atom. The third kappa shape index (κ3) is 4.64. The van der Waals surface area contributed by atoms with Crippen LogP contribution in [0.15, 0.2) is 24.3 Å². The molecule has 0 aromatic heterocycles. The minimum absolute atomic E-state index is 0.421. The summed E-state index contributed by atoms with van der Waals surface area (Å²) in [5.41, 5.74) is 5.72. The number of benzene rings is 1. The molecule has 1 aromatic carbocycles. The Morgan fingerprint density at radius 1 is 1.44 bits per heavy atom. The van der Waals surface area contributed by atoms with Gasteiger partial charge in [0.15, 0.2) is 0 Å². The van der Waals surface area contributed by atoms with Crippen LogP contribution in [0.25, 0.3) is 0 Å². The van der Waals surface area contributed by atoms with Crippen LogP contribution >= 0.6 is 11.6 Å². The van der Waals surface area contributed by atoms with Crippen molar-refractivity contribution >= 4 is 17.6 Å². The van der Waals surface area contributed by atoms with Crippen LogP contribution in [0, 0.1) is 0 Å². The van der Waals surface area contributed by atoms with Crippen molar-refractivity contribution in [1.29, 1.82) is 0 Å². The highest BCUT2D eigenvalue weighted by molar-refractivity contribution is 6.30. The Bertz CT molecular complexity index is 403. The van der Waals surface area contributed by atoms with Crippen LogP contribution in [0.2, 0.25) is 5.02 Å². The number of ether oxygens (including phenoxy) is 1. The molecule has 0 bridgehead atoms. The summed E-state index contributed by atoms with van der Waals surface area (Å²) in [5, 5.41) is 9.44. The van der Waals surface area contributed by atoms with Crippen molar-refractivity contribution in [3.05, 3.63) is 34.9 Å². The third-order valence-corrected chi connectivity index (χ3v) is 2.67. The summed E-state index contributed by atoms with van der Waals surface area (Å²) in [6.45, 7) is 3.17. The smallest absolute Gasteiger partial charge is 0.325 e. The number of hydrogen-bond acceptors (Lipinski definition) is 4. The molecule has 0 aliphatic carbocycles. The number of aliphatic hydroxyl groups excluding tert-OH is 1. The van der Waals surface area contributed by atoms with Crippen LogP contribution in [-0.2, 0) is 16.0 Å². The molecule has 0 saturated carbocycles. The van der Waals surface area contributed by atoms with E-state index >= 15 is 0 Å². The summed E-state index contributed by atoms with van der Waals surface area (Å²) < 4.78 is 5.27. The lowest BCUT2D eigenvalue weighted by atomic mass is 9.98. The van der Waals surface area contributed by atoms with Gasteiger partial charge in [0, 0.05) is 11.4 Å². The van der Waals surface area contributed by atoms with Gasteiger partial charge in [-0.2, -0.15) is 0 Å². The monoisotopic (exact) mass is 271 g/mol. The van der Waals surface area contributed by atoms with E-state index in [1.807, 2.05) is 12.1 Å². The van der Waals surface area contributed by atoms with E-state index in [1.165, 1.54) is 0 Å². The topological polar surface area (TPSA) is 72.5 Å². The van der Waals surface area contributed by atoms with Crippen LogP contribution in [0.3, 0.4) is 0 Å². The molecule has 100 valence electrons. The lowest BCUT2D eigenvalue weighted by molar-refractivity contribution is -0.158. The fourth-order valence-corrected chi connectivity index (χ4v) is 1.68. The van der Waals surface area contributed by atoms with E-state index in [4.69, 9.17) is 27.2 Å². The number of halogens is 1. The predicted molar refractivity (Wildman–Crippen MR) is 70.4 cm³/mol. The van der Waals surface area contributed by atoms with E-state index in [0.29, 0.717) is 11.4 Å². The van der Waals surface area contributed by atoms with Crippen LogP contribution < -0.4 is 5.73 Å². The minimum atomic E-state index is -0.991. The second-order valence-electron chi connectivity index (χ2n) is 4.77. The zero-order valence-electron chi connectivity index (χ0n) is 10.5. The van der Waals surface area contributed by atoms with Crippen molar-refractivity contribution in [3.8, 4) is 0 Å². The Kier molecular flexibility index (Phi) is 5.14. The Balaban J connectivity index is 2.64. The van der Waals surface area contributed by atoms with E-state index in [0.717, 1.165) is 5.56 Å². The summed E-state index contributed by atoms with van der Waals surface area (Å²) in [4.78, 5) is 11.5. The maximum absolute atomic E-state index is 11.5. The molecule has 0 saturated heterocycles. The van der Waals surface area contributed by atoms with Crippen LogP contribution in [-0.4, -0.2) is 29.3 Å². The summed E-state index contributed by atoms with van der Waals surface area (Å²) in [7, 11) is 0. The summed E-state index contributed by atoms with van der Waals surface area (Å²) >= 11 is 5.80. The van der Waals surface area contributed by atoms with Crippen LogP contribution in [0.4, 0.5) is 0 Å². The van der Waals surface area contributed by atoms with Crippen molar-refractivity contribution in [2.24, 2.45) is 5.73 Å². The van der Waals surface area contributed by atoms with E-state index in [2.05, 4.69) is 0 Å². The molecule has 1 aromatic rings. The SMILES string of the molecule is CC(C)(Cc1ccc(Cl)cc1)OC(=O)C(N)CO. The Morgan fingerprint density at radius 2 is 2.00 bits per heavy atom. The first-order chi connectivity index (χ1) is 8.34.